The average Bonchev–Trinajstić information content (AvgIpc) is 2.47. The van der Waals surface area contributed by atoms with Crippen LogP contribution in [0.1, 0.15) is 31.9 Å². The van der Waals surface area contributed by atoms with Gasteiger partial charge >= 0.3 is 0 Å². The molecule has 3 heteroatoms. The van der Waals surface area contributed by atoms with Gasteiger partial charge in [-0.2, -0.15) is 0 Å². The SMILES string of the molecule is CCNC(CC)c1cccc(-c2cc(Br)ccc2F)c1. The van der Waals surface area contributed by atoms with E-state index in [1.165, 1.54) is 11.6 Å². The first kappa shape index (κ1) is 15.2. The highest BCUT2D eigenvalue weighted by molar-refractivity contribution is 9.10. The summed E-state index contributed by atoms with van der Waals surface area (Å²) >= 11 is 3.40. The summed E-state index contributed by atoms with van der Waals surface area (Å²) in [7, 11) is 0. The molecule has 106 valence electrons. The lowest BCUT2D eigenvalue weighted by Gasteiger charge is -2.17. The van der Waals surface area contributed by atoms with Crippen molar-refractivity contribution in [1.29, 1.82) is 0 Å². The second-order valence-electron chi connectivity index (χ2n) is 4.77. The molecule has 1 N–H and O–H groups in total. The minimum Gasteiger partial charge on any atom is -0.310 e. The van der Waals surface area contributed by atoms with Crippen molar-refractivity contribution in [3.05, 3.63) is 58.3 Å². The molecule has 0 aromatic heterocycles. The molecule has 0 saturated carbocycles. The third-order valence-corrected chi connectivity index (χ3v) is 3.88. The van der Waals surface area contributed by atoms with E-state index < -0.39 is 0 Å². The molecule has 0 aliphatic carbocycles. The van der Waals surface area contributed by atoms with Crippen LogP contribution in [-0.2, 0) is 0 Å². The van der Waals surface area contributed by atoms with E-state index in [9.17, 15) is 4.39 Å². The highest BCUT2D eigenvalue weighted by Crippen LogP contribution is 2.28. The maximum atomic E-state index is 14.0. The molecular weight excluding hydrogens is 317 g/mol. The van der Waals surface area contributed by atoms with Crippen LogP contribution in [0.5, 0.6) is 0 Å². The Morgan fingerprint density at radius 2 is 1.95 bits per heavy atom. The second kappa shape index (κ2) is 7.00. The molecule has 2 rings (SSSR count). The Morgan fingerprint density at radius 1 is 1.15 bits per heavy atom. The van der Waals surface area contributed by atoms with Gasteiger partial charge in [-0.15, -0.1) is 0 Å². The average molecular weight is 336 g/mol. The van der Waals surface area contributed by atoms with Crippen molar-refractivity contribution in [3.63, 3.8) is 0 Å². The number of nitrogens with one attached hydrogen (secondary N) is 1. The first-order valence-corrected chi connectivity index (χ1v) is 7.73. The van der Waals surface area contributed by atoms with E-state index in [1.54, 1.807) is 6.07 Å². The molecule has 0 radical (unpaired) electrons. The molecule has 2 aromatic rings. The van der Waals surface area contributed by atoms with Gasteiger partial charge < -0.3 is 5.32 Å². The number of halogens is 2. The molecule has 1 unspecified atom stereocenters. The quantitative estimate of drug-likeness (QED) is 0.780. The van der Waals surface area contributed by atoms with Crippen LogP contribution >= 0.6 is 15.9 Å². The van der Waals surface area contributed by atoms with E-state index in [1.807, 2.05) is 18.2 Å². The molecule has 1 nitrogen and oxygen atoms in total. The fourth-order valence-corrected chi connectivity index (χ4v) is 2.75. The van der Waals surface area contributed by atoms with E-state index in [4.69, 9.17) is 0 Å². The van der Waals surface area contributed by atoms with E-state index in [0.717, 1.165) is 23.0 Å². The van der Waals surface area contributed by atoms with Crippen LogP contribution in [0.25, 0.3) is 11.1 Å². The van der Waals surface area contributed by atoms with Crippen LogP contribution in [-0.4, -0.2) is 6.54 Å². The highest BCUT2D eigenvalue weighted by atomic mass is 79.9. The molecule has 1 atom stereocenters. The Bertz CT molecular complexity index is 583. The maximum absolute atomic E-state index is 14.0. The summed E-state index contributed by atoms with van der Waals surface area (Å²) in [6.45, 7) is 5.17. The zero-order valence-electron chi connectivity index (χ0n) is 11.8. The van der Waals surface area contributed by atoms with Gasteiger partial charge in [0.1, 0.15) is 5.82 Å². The van der Waals surface area contributed by atoms with Crippen molar-refractivity contribution in [2.75, 3.05) is 6.54 Å². The van der Waals surface area contributed by atoms with E-state index in [-0.39, 0.29) is 5.82 Å². The van der Waals surface area contributed by atoms with Gasteiger partial charge in [0.2, 0.25) is 0 Å². The van der Waals surface area contributed by atoms with Crippen molar-refractivity contribution < 1.29 is 4.39 Å². The number of benzene rings is 2. The molecule has 20 heavy (non-hydrogen) atoms. The monoisotopic (exact) mass is 335 g/mol. The lowest BCUT2D eigenvalue weighted by molar-refractivity contribution is 0.537. The first-order valence-electron chi connectivity index (χ1n) is 6.94. The predicted octanol–water partition coefficient (Wildman–Crippen LogP) is 5.32. The van der Waals surface area contributed by atoms with Crippen molar-refractivity contribution in [2.45, 2.75) is 26.3 Å². The standard InChI is InChI=1S/C17H19BrFN/c1-3-17(20-4-2)13-7-5-6-12(10-13)15-11-14(18)8-9-16(15)19/h5-11,17,20H,3-4H2,1-2H3. The number of hydrogen-bond acceptors (Lipinski definition) is 1. The van der Waals surface area contributed by atoms with Gasteiger partial charge in [-0.25, -0.2) is 4.39 Å². The lowest BCUT2D eigenvalue weighted by atomic mass is 9.98. The maximum Gasteiger partial charge on any atom is 0.131 e. The summed E-state index contributed by atoms with van der Waals surface area (Å²) < 4.78 is 14.9. The Balaban J connectivity index is 2.41. The Labute approximate surface area is 128 Å². The molecule has 0 heterocycles. The van der Waals surface area contributed by atoms with Crippen molar-refractivity contribution >= 4 is 15.9 Å². The molecule has 0 fully saturated rings. The predicted molar refractivity (Wildman–Crippen MR) is 86.2 cm³/mol. The normalized spacial score (nSPS) is 12.4. The van der Waals surface area contributed by atoms with Gasteiger partial charge in [0.25, 0.3) is 0 Å². The summed E-state index contributed by atoms with van der Waals surface area (Å²) in [6, 6.07) is 13.5. The molecule has 0 aliphatic rings. The zero-order valence-corrected chi connectivity index (χ0v) is 13.4. The summed E-state index contributed by atoms with van der Waals surface area (Å²) in [5.74, 6) is -0.193. The molecule has 0 saturated heterocycles. The van der Waals surface area contributed by atoms with Crippen LogP contribution in [0.4, 0.5) is 4.39 Å². The van der Waals surface area contributed by atoms with Crippen LogP contribution < -0.4 is 5.32 Å². The van der Waals surface area contributed by atoms with Gasteiger partial charge in [0.05, 0.1) is 0 Å². The molecular formula is C17H19BrFN. The minimum atomic E-state index is -0.193. The van der Waals surface area contributed by atoms with E-state index >= 15 is 0 Å². The molecule has 0 spiro atoms. The van der Waals surface area contributed by atoms with Crippen LogP contribution in [0.2, 0.25) is 0 Å². The topological polar surface area (TPSA) is 12.0 Å². The first-order chi connectivity index (χ1) is 9.65. The highest BCUT2D eigenvalue weighted by Gasteiger charge is 2.11. The summed E-state index contributed by atoms with van der Waals surface area (Å²) in [5, 5.41) is 3.45. The van der Waals surface area contributed by atoms with Crippen LogP contribution in [0.15, 0.2) is 46.9 Å². The third kappa shape index (κ3) is 3.47. The van der Waals surface area contributed by atoms with Crippen molar-refractivity contribution in [2.24, 2.45) is 0 Å². The molecule has 0 amide bonds. The fourth-order valence-electron chi connectivity index (χ4n) is 2.39. The fraction of sp³-hybridized carbons (Fsp3) is 0.294. The van der Waals surface area contributed by atoms with Crippen molar-refractivity contribution in [1.82, 2.24) is 5.32 Å². The van der Waals surface area contributed by atoms with Crippen LogP contribution in [0, 0.1) is 5.82 Å². The lowest BCUT2D eigenvalue weighted by Crippen LogP contribution is -2.19. The summed E-state index contributed by atoms with van der Waals surface area (Å²) in [4.78, 5) is 0. The van der Waals surface area contributed by atoms with Gasteiger partial charge in [-0.3, -0.25) is 0 Å². The van der Waals surface area contributed by atoms with Crippen LogP contribution in [0.3, 0.4) is 0 Å². The Morgan fingerprint density at radius 3 is 2.65 bits per heavy atom. The molecule has 2 aromatic carbocycles. The van der Waals surface area contributed by atoms with Gasteiger partial charge in [-0.1, -0.05) is 48.0 Å². The van der Waals surface area contributed by atoms with E-state index in [2.05, 4.69) is 47.2 Å². The Kier molecular flexibility index (Phi) is 5.32. The number of rotatable bonds is 5. The minimum absolute atomic E-state index is 0.193. The van der Waals surface area contributed by atoms with Gasteiger partial charge in [0.15, 0.2) is 0 Å². The largest absolute Gasteiger partial charge is 0.310 e. The molecule has 0 bridgehead atoms. The summed E-state index contributed by atoms with van der Waals surface area (Å²) in [6.07, 6.45) is 1.01. The summed E-state index contributed by atoms with van der Waals surface area (Å²) in [5.41, 5.74) is 2.75. The smallest absolute Gasteiger partial charge is 0.131 e. The van der Waals surface area contributed by atoms with Gasteiger partial charge in [-0.05, 0) is 48.4 Å². The number of hydrogen-bond donors (Lipinski definition) is 1. The van der Waals surface area contributed by atoms with Gasteiger partial charge in [0, 0.05) is 16.1 Å². The molecule has 0 aliphatic heterocycles. The Hall–Kier alpha value is -1.19. The zero-order chi connectivity index (χ0) is 14.5. The van der Waals surface area contributed by atoms with Crippen molar-refractivity contribution in [3.8, 4) is 11.1 Å². The van der Waals surface area contributed by atoms with E-state index in [0.29, 0.717) is 11.6 Å². The second-order valence-corrected chi connectivity index (χ2v) is 5.68. The third-order valence-electron chi connectivity index (χ3n) is 3.39.